The Bertz CT molecular complexity index is 120. The van der Waals surface area contributed by atoms with Crippen LogP contribution in [0.5, 0.6) is 0 Å². The van der Waals surface area contributed by atoms with E-state index in [1.165, 1.54) is 0 Å². The molecule has 1 aliphatic carbocycles. The average Bonchev–Trinajstić information content (AvgIpc) is 1.88. The van der Waals surface area contributed by atoms with Gasteiger partial charge in [0.25, 0.3) is 0 Å². The molecule has 0 amide bonds. The molecule has 9 heavy (non-hydrogen) atoms. The highest BCUT2D eigenvalue weighted by Crippen LogP contribution is 2.25. The highest BCUT2D eigenvalue weighted by Gasteiger charge is 2.36. The summed E-state index contributed by atoms with van der Waals surface area (Å²) in [5.74, 6) is 0.499. The van der Waals surface area contributed by atoms with E-state index in [-0.39, 0.29) is 12.0 Å². The Morgan fingerprint density at radius 3 is 2.78 bits per heavy atom. The second-order valence-electron chi connectivity index (χ2n) is 2.45. The molecule has 0 radical (unpaired) electrons. The molecular formula is C7H12O2. The van der Waals surface area contributed by atoms with Crippen LogP contribution in [0, 0.1) is 5.92 Å². The SMILES string of the molecule is CCO[C@@H]1CC(=O)[C@@H]1C. The number of hydrogen-bond acceptors (Lipinski definition) is 2. The van der Waals surface area contributed by atoms with E-state index in [4.69, 9.17) is 4.74 Å². The maximum Gasteiger partial charge on any atom is 0.140 e. The predicted molar refractivity (Wildman–Crippen MR) is 34.2 cm³/mol. The molecule has 1 fully saturated rings. The lowest BCUT2D eigenvalue weighted by atomic mass is 9.82. The maximum atomic E-state index is 10.6. The lowest BCUT2D eigenvalue weighted by Crippen LogP contribution is -2.41. The van der Waals surface area contributed by atoms with Crippen LogP contribution in [-0.2, 0) is 9.53 Å². The van der Waals surface area contributed by atoms with Crippen molar-refractivity contribution in [1.82, 2.24) is 0 Å². The van der Waals surface area contributed by atoms with Gasteiger partial charge in [-0.25, -0.2) is 0 Å². The topological polar surface area (TPSA) is 26.3 Å². The Morgan fingerprint density at radius 1 is 1.78 bits per heavy atom. The molecule has 0 aliphatic heterocycles. The van der Waals surface area contributed by atoms with Crippen LogP contribution in [-0.4, -0.2) is 18.5 Å². The van der Waals surface area contributed by atoms with E-state index < -0.39 is 0 Å². The maximum absolute atomic E-state index is 10.6. The number of Topliss-reactive ketones (excluding diaryl/α,β-unsaturated/α-hetero) is 1. The molecule has 0 bridgehead atoms. The molecule has 0 aromatic heterocycles. The molecular weight excluding hydrogens is 116 g/mol. The van der Waals surface area contributed by atoms with E-state index in [0.29, 0.717) is 12.2 Å². The molecule has 2 atom stereocenters. The van der Waals surface area contributed by atoms with Crippen molar-refractivity contribution in [3.05, 3.63) is 0 Å². The van der Waals surface area contributed by atoms with E-state index in [1.807, 2.05) is 13.8 Å². The fraction of sp³-hybridized carbons (Fsp3) is 0.857. The second kappa shape index (κ2) is 2.48. The smallest absolute Gasteiger partial charge is 0.140 e. The number of hydrogen-bond donors (Lipinski definition) is 0. The van der Waals surface area contributed by atoms with Gasteiger partial charge in [0.1, 0.15) is 5.78 Å². The lowest BCUT2D eigenvalue weighted by Gasteiger charge is -2.31. The van der Waals surface area contributed by atoms with Gasteiger partial charge in [-0.2, -0.15) is 0 Å². The van der Waals surface area contributed by atoms with Crippen molar-refractivity contribution in [3.8, 4) is 0 Å². The number of carbonyl (C=O) groups excluding carboxylic acids is 1. The zero-order chi connectivity index (χ0) is 6.85. The van der Waals surface area contributed by atoms with Gasteiger partial charge in [-0.05, 0) is 6.92 Å². The minimum absolute atomic E-state index is 0.157. The molecule has 1 aliphatic rings. The van der Waals surface area contributed by atoms with Crippen LogP contribution in [0.1, 0.15) is 20.3 Å². The zero-order valence-corrected chi connectivity index (χ0v) is 5.89. The summed E-state index contributed by atoms with van der Waals surface area (Å²) in [7, 11) is 0. The number of ketones is 1. The van der Waals surface area contributed by atoms with Crippen molar-refractivity contribution in [2.24, 2.45) is 5.92 Å². The summed E-state index contributed by atoms with van der Waals surface area (Å²) in [6, 6.07) is 0. The summed E-state index contributed by atoms with van der Waals surface area (Å²) < 4.78 is 5.24. The van der Waals surface area contributed by atoms with E-state index in [2.05, 4.69) is 0 Å². The van der Waals surface area contributed by atoms with Gasteiger partial charge in [0, 0.05) is 18.9 Å². The number of ether oxygens (including phenoxy) is 1. The van der Waals surface area contributed by atoms with Gasteiger partial charge >= 0.3 is 0 Å². The molecule has 0 heterocycles. The molecule has 0 N–H and O–H groups in total. The van der Waals surface area contributed by atoms with E-state index in [9.17, 15) is 4.79 Å². The molecule has 0 unspecified atom stereocenters. The van der Waals surface area contributed by atoms with Crippen molar-refractivity contribution < 1.29 is 9.53 Å². The third kappa shape index (κ3) is 1.13. The molecule has 0 saturated heterocycles. The molecule has 2 nitrogen and oxygen atoms in total. The highest BCUT2D eigenvalue weighted by atomic mass is 16.5. The van der Waals surface area contributed by atoms with Crippen LogP contribution >= 0.6 is 0 Å². The van der Waals surface area contributed by atoms with Crippen molar-refractivity contribution in [2.75, 3.05) is 6.61 Å². The Hall–Kier alpha value is -0.370. The monoisotopic (exact) mass is 128 g/mol. The van der Waals surface area contributed by atoms with Crippen molar-refractivity contribution in [1.29, 1.82) is 0 Å². The number of rotatable bonds is 2. The largest absolute Gasteiger partial charge is 0.377 e. The molecule has 1 saturated carbocycles. The fourth-order valence-corrected chi connectivity index (χ4v) is 1.03. The van der Waals surface area contributed by atoms with Crippen molar-refractivity contribution in [2.45, 2.75) is 26.4 Å². The summed E-state index contributed by atoms with van der Waals surface area (Å²) in [4.78, 5) is 10.6. The zero-order valence-electron chi connectivity index (χ0n) is 5.89. The summed E-state index contributed by atoms with van der Waals surface area (Å²) in [5.41, 5.74) is 0. The van der Waals surface area contributed by atoms with E-state index in [1.54, 1.807) is 0 Å². The predicted octanol–water partition coefficient (Wildman–Crippen LogP) is 1.00. The van der Waals surface area contributed by atoms with Crippen LogP contribution in [0.25, 0.3) is 0 Å². The Kier molecular flexibility index (Phi) is 1.86. The van der Waals surface area contributed by atoms with Crippen LogP contribution in [0.15, 0.2) is 0 Å². The minimum atomic E-state index is 0.157. The normalized spacial score (nSPS) is 34.2. The molecule has 2 heteroatoms. The Balaban J connectivity index is 2.25. The van der Waals surface area contributed by atoms with E-state index >= 15 is 0 Å². The minimum Gasteiger partial charge on any atom is -0.377 e. The van der Waals surface area contributed by atoms with Gasteiger partial charge in [-0.15, -0.1) is 0 Å². The van der Waals surface area contributed by atoms with Gasteiger partial charge in [0.2, 0.25) is 0 Å². The van der Waals surface area contributed by atoms with E-state index in [0.717, 1.165) is 6.61 Å². The van der Waals surface area contributed by atoms with Gasteiger partial charge < -0.3 is 4.74 Å². The van der Waals surface area contributed by atoms with Gasteiger partial charge in [0.15, 0.2) is 0 Å². The molecule has 0 spiro atoms. The fourth-order valence-electron chi connectivity index (χ4n) is 1.03. The number of carbonyl (C=O) groups is 1. The van der Waals surface area contributed by atoms with Crippen LogP contribution in [0.4, 0.5) is 0 Å². The van der Waals surface area contributed by atoms with Crippen molar-refractivity contribution >= 4 is 5.78 Å². The van der Waals surface area contributed by atoms with Gasteiger partial charge in [0.05, 0.1) is 6.10 Å². The van der Waals surface area contributed by atoms with Crippen LogP contribution in [0.3, 0.4) is 0 Å². The average molecular weight is 128 g/mol. The quantitative estimate of drug-likeness (QED) is 0.554. The standard InChI is InChI=1S/C7H12O2/c1-3-9-7-4-6(8)5(7)2/h5,7H,3-4H2,1-2H3/t5-,7+/m0/s1. The third-order valence-corrected chi connectivity index (χ3v) is 1.85. The Morgan fingerprint density at radius 2 is 2.44 bits per heavy atom. The second-order valence-corrected chi connectivity index (χ2v) is 2.45. The first-order valence-electron chi connectivity index (χ1n) is 3.40. The first kappa shape index (κ1) is 6.75. The van der Waals surface area contributed by atoms with Crippen LogP contribution < -0.4 is 0 Å². The summed E-state index contributed by atoms with van der Waals surface area (Å²) in [6.45, 7) is 4.60. The Labute approximate surface area is 55.2 Å². The third-order valence-electron chi connectivity index (χ3n) is 1.85. The molecule has 52 valence electrons. The van der Waals surface area contributed by atoms with Crippen molar-refractivity contribution in [3.63, 3.8) is 0 Å². The van der Waals surface area contributed by atoms with Gasteiger partial charge in [-0.1, -0.05) is 6.92 Å². The summed E-state index contributed by atoms with van der Waals surface area (Å²) >= 11 is 0. The summed E-state index contributed by atoms with van der Waals surface area (Å²) in [6.07, 6.45) is 0.858. The van der Waals surface area contributed by atoms with Crippen LogP contribution in [0.2, 0.25) is 0 Å². The summed E-state index contributed by atoms with van der Waals surface area (Å²) in [5, 5.41) is 0. The first-order chi connectivity index (χ1) is 4.25. The van der Waals surface area contributed by atoms with Gasteiger partial charge in [-0.3, -0.25) is 4.79 Å². The molecule has 0 aromatic rings. The lowest BCUT2D eigenvalue weighted by molar-refractivity contribution is -0.143. The first-order valence-corrected chi connectivity index (χ1v) is 3.40. The molecule has 0 aromatic carbocycles. The highest BCUT2D eigenvalue weighted by molar-refractivity contribution is 5.87. The molecule has 1 rings (SSSR count).